The summed E-state index contributed by atoms with van der Waals surface area (Å²) in [5.41, 5.74) is 0. The summed E-state index contributed by atoms with van der Waals surface area (Å²) in [6, 6.07) is 3.11. The monoisotopic (exact) mass is 254 g/mol. The van der Waals surface area contributed by atoms with E-state index in [2.05, 4.69) is 4.74 Å². The average molecular weight is 254 g/mol. The first-order valence-corrected chi connectivity index (χ1v) is 6.18. The number of hydrogen-bond acceptors (Lipinski definition) is 5. The van der Waals surface area contributed by atoms with Gasteiger partial charge in [0, 0.05) is 6.61 Å². The first-order chi connectivity index (χ1) is 8.70. The van der Waals surface area contributed by atoms with E-state index in [-0.39, 0.29) is 11.9 Å². The quantitative estimate of drug-likeness (QED) is 0.814. The van der Waals surface area contributed by atoms with Gasteiger partial charge in [-0.15, -0.1) is 0 Å². The largest absolute Gasteiger partial charge is 0.463 e. The van der Waals surface area contributed by atoms with E-state index in [4.69, 9.17) is 9.15 Å². The van der Waals surface area contributed by atoms with Gasteiger partial charge in [-0.2, -0.15) is 0 Å². The standard InChI is InChI=1S/C13H18O5/c1-16-13(15)12-7-6-11(18-12)10(14)5-4-9-3-2-8-17-9/h6-7,9-10,14H,2-5,8H2,1H3. The molecule has 0 radical (unpaired) electrons. The zero-order chi connectivity index (χ0) is 13.0. The van der Waals surface area contributed by atoms with Crippen LogP contribution in [-0.2, 0) is 9.47 Å². The van der Waals surface area contributed by atoms with Crippen LogP contribution in [-0.4, -0.2) is 30.9 Å². The van der Waals surface area contributed by atoms with Gasteiger partial charge in [0.15, 0.2) is 0 Å². The number of aliphatic hydroxyl groups is 1. The fourth-order valence-corrected chi connectivity index (χ4v) is 2.10. The van der Waals surface area contributed by atoms with E-state index in [0.29, 0.717) is 12.2 Å². The van der Waals surface area contributed by atoms with E-state index in [0.717, 1.165) is 25.9 Å². The highest BCUT2D eigenvalue weighted by Crippen LogP contribution is 2.25. The maximum Gasteiger partial charge on any atom is 0.373 e. The number of ether oxygens (including phenoxy) is 2. The van der Waals surface area contributed by atoms with E-state index < -0.39 is 12.1 Å². The maximum atomic E-state index is 11.2. The summed E-state index contributed by atoms with van der Waals surface area (Å²) in [4.78, 5) is 11.2. The number of aliphatic hydroxyl groups excluding tert-OH is 1. The Labute approximate surface area is 106 Å². The van der Waals surface area contributed by atoms with Crippen LogP contribution in [0.25, 0.3) is 0 Å². The van der Waals surface area contributed by atoms with Crippen molar-refractivity contribution in [1.82, 2.24) is 0 Å². The van der Waals surface area contributed by atoms with Crippen LogP contribution >= 0.6 is 0 Å². The summed E-state index contributed by atoms with van der Waals surface area (Å²) in [7, 11) is 1.29. The molecule has 1 fully saturated rings. The number of carbonyl (C=O) groups excluding carboxylic acids is 1. The van der Waals surface area contributed by atoms with Crippen molar-refractivity contribution in [1.29, 1.82) is 0 Å². The molecule has 0 saturated carbocycles. The lowest BCUT2D eigenvalue weighted by molar-refractivity contribution is 0.0543. The van der Waals surface area contributed by atoms with E-state index in [1.54, 1.807) is 6.07 Å². The molecule has 1 N–H and O–H groups in total. The molecule has 2 atom stereocenters. The van der Waals surface area contributed by atoms with Crippen molar-refractivity contribution < 1.29 is 23.8 Å². The lowest BCUT2D eigenvalue weighted by atomic mass is 10.1. The Kier molecular flexibility index (Phi) is 4.38. The molecule has 0 aliphatic carbocycles. The van der Waals surface area contributed by atoms with Crippen molar-refractivity contribution in [2.45, 2.75) is 37.9 Å². The Morgan fingerprint density at radius 2 is 2.44 bits per heavy atom. The summed E-state index contributed by atoms with van der Waals surface area (Å²) < 4.78 is 15.3. The van der Waals surface area contributed by atoms with Gasteiger partial charge in [-0.05, 0) is 37.8 Å². The lowest BCUT2D eigenvalue weighted by Gasteiger charge is -2.11. The van der Waals surface area contributed by atoms with Gasteiger partial charge >= 0.3 is 5.97 Å². The number of furan rings is 1. The molecule has 100 valence electrons. The van der Waals surface area contributed by atoms with Crippen LogP contribution in [0, 0.1) is 0 Å². The fraction of sp³-hybridized carbons (Fsp3) is 0.615. The normalized spacial score (nSPS) is 20.9. The van der Waals surface area contributed by atoms with Crippen molar-refractivity contribution >= 4 is 5.97 Å². The van der Waals surface area contributed by atoms with Crippen molar-refractivity contribution in [2.24, 2.45) is 0 Å². The van der Waals surface area contributed by atoms with Gasteiger partial charge in [-0.3, -0.25) is 0 Å². The summed E-state index contributed by atoms with van der Waals surface area (Å²) in [6.07, 6.45) is 3.06. The lowest BCUT2D eigenvalue weighted by Crippen LogP contribution is -2.07. The molecule has 0 amide bonds. The minimum atomic E-state index is -0.701. The molecule has 0 aromatic carbocycles. The molecular weight excluding hydrogens is 236 g/mol. The zero-order valence-electron chi connectivity index (χ0n) is 10.4. The second-order valence-electron chi connectivity index (χ2n) is 4.42. The number of carbonyl (C=O) groups is 1. The van der Waals surface area contributed by atoms with Crippen LogP contribution in [0.3, 0.4) is 0 Å². The number of rotatable bonds is 5. The molecule has 1 saturated heterocycles. The molecule has 2 unspecified atom stereocenters. The molecule has 1 aromatic heterocycles. The highest BCUT2D eigenvalue weighted by atomic mass is 16.5. The van der Waals surface area contributed by atoms with Gasteiger partial charge < -0.3 is 19.0 Å². The molecule has 5 heteroatoms. The molecule has 0 spiro atoms. The minimum absolute atomic E-state index is 0.115. The highest BCUT2D eigenvalue weighted by Gasteiger charge is 2.20. The maximum absolute atomic E-state index is 11.2. The van der Waals surface area contributed by atoms with Crippen LogP contribution in [0.1, 0.15) is 48.1 Å². The molecule has 1 aromatic rings. The summed E-state index contributed by atoms with van der Waals surface area (Å²) in [6.45, 7) is 0.813. The van der Waals surface area contributed by atoms with Gasteiger partial charge in [-0.1, -0.05) is 0 Å². The Balaban J connectivity index is 1.85. The van der Waals surface area contributed by atoms with Gasteiger partial charge in [-0.25, -0.2) is 4.79 Å². The van der Waals surface area contributed by atoms with Crippen LogP contribution in [0.2, 0.25) is 0 Å². The zero-order valence-corrected chi connectivity index (χ0v) is 10.4. The van der Waals surface area contributed by atoms with Gasteiger partial charge in [0.25, 0.3) is 0 Å². The Morgan fingerprint density at radius 3 is 3.11 bits per heavy atom. The van der Waals surface area contributed by atoms with Crippen molar-refractivity contribution in [2.75, 3.05) is 13.7 Å². The molecular formula is C13H18O5. The first kappa shape index (κ1) is 13.1. The van der Waals surface area contributed by atoms with Gasteiger partial charge in [0.05, 0.1) is 13.2 Å². The Bertz CT molecular complexity index is 392. The van der Waals surface area contributed by atoms with Crippen LogP contribution in [0.4, 0.5) is 0 Å². The van der Waals surface area contributed by atoms with Crippen molar-refractivity contribution in [3.8, 4) is 0 Å². The van der Waals surface area contributed by atoms with Crippen LogP contribution < -0.4 is 0 Å². The predicted octanol–water partition coefficient (Wildman–Crippen LogP) is 2.06. The highest BCUT2D eigenvalue weighted by molar-refractivity contribution is 5.86. The topological polar surface area (TPSA) is 68.9 Å². The molecule has 2 heterocycles. The Morgan fingerprint density at radius 1 is 1.61 bits per heavy atom. The smallest absolute Gasteiger partial charge is 0.373 e. The molecule has 18 heavy (non-hydrogen) atoms. The molecule has 5 nitrogen and oxygen atoms in total. The minimum Gasteiger partial charge on any atom is -0.463 e. The molecule has 1 aliphatic heterocycles. The fourth-order valence-electron chi connectivity index (χ4n) is 2.10. The van der Waals surface area contributed by atoms with E-state index in [1.807, 2.05) is 0 Å². The van der Waals surface area contributed by atoms with E-state index >= 15 is 0 Å². The predicted molar refractivity (Wildman–Crippen MR) is 63.2 cm³/mol. The van der Waals surface area contributed by atoms with Crippen molar-refractivity contribution in [3.63, 3.8) is 0 Å². The third-order valence-corrected chi connectivity index (χ3v) is 3.13. The number of esters is 1. The molecule has 2 rings (SSSR count). The Hall–Kier alpha value is -1.33. The van der Waals surface area contributed by atoms with Crippen LogP contribution in [0.15, 0.2) is 16.5 Å². The van der Waals surface area contributed by atoms with E-state index in [9.17, 15) is 9.90 Å². The third-order valence-electron chi connectivity index (χ3n) is 3.13. The first-order valence-electron chi connectivity index (χ1n) is 6.18. The third kappa shape index (κ3) is 3.11. The number of hydrogen-bond donors (Lipinski definition) is 1. The molecule has 0 bridgehead atoms. The van der Waals surface area contributed by atoms with Gasteiger partial charge in [0.1, 0.15) is 11.9 Å². The molecule has 1 aliphatic rings. The summed E-state index contributed by atoms with van der Waals surface area (Å²) in [5, 5.41) is 9.95. The summed E-state index contributed by atoms with van der Waals surface area (Å²) >= 11 is 0. The van der Waals surface area contributed by atoms with Crippen molar-refractivity contribution in [3.05, 3.63) is 23.7 Å². The SMILES string of the molecule is COC(=O)c1ccc(C(O)CCC2CCCO2)o1. The second-order valence-corrected chi connectivity index (χ2v) is 4.42. The average Bonchev–Trinajstić information content (AvgIpc) is 3.05. The van der Waals surface area contributed by atoms with E-state index in [1.165, 1.54) is 13.2 Å². The van der Waals surface area contributed by atoms with Crippen LogP contribution in [0.5, 0.6) is 0 Å². The number of methoxy groups -OCH3 is 1. The summed E-state index contributed by atoms with van der Waals surface area (Å²) in [5.74, 6) is -0.0235. The van der Waals surface area contributed by atoms with Gasteiger partial charge in [0.2, 0.25) is 5.76 Å². The second kappa shape index (κ2) is 6.02.